The van der Waals surface area contributed by atoms with Crippen molar-refractivity contribution in [1.82, 2.24) is 4.90 Å². The van der Waals surface area contributed by atoms with Crippen LogP contribution in [0.5, 0.6) is 0 Å². The first-order valence-corrected chi connectivity index (χ1v) is 11.4. The van der Waals surface area contributed by atoms with Gasteiger partial charge in [0.2, 0.25) is 5.91 Å². The van der Waals surface area contributed by atoms with E-state index in [1.165, 1.54) is 57.8 Å². The summed E-state index contributed by atoms with van der Waals surface area (Å²) < 4.78 is 16.9. The highest BCUT2D eigenvalue weighted by Gasteiger charge is 2.47. The second kappa shape index (κ2) is 11.4. The molecule has 4 atom stereocenters. The van der Waals surface area contributed by atoms with Crippen LogP contribution in [-0.4, -0.2) is 61.5 Å². The molecule has 0 aromatic carbocycles. The van der Waals surface area contributed by atoms with Crippen LogP contribution in [0.4, 0.5) is 0 Å². The smallest absolute Gasteiger partial charge is 0.222 e. The van der Waals surface area contributed by atoms with E-state index in [2.05, 4.69) is 6.92 Å². The molecule has 0 spiro atoms. The van der Waals surface area contributed by atoms with Gasteiger partial charge in [0, 0.05) is 25.9 Å². The first kappa shape index (κ1) is 21.1. The fourth-order valence-electron chi connectivity index (χ4n) is 4.23. The van der Waals surface area contributed by atoms with Crippen molar-refractivity contribution in [2.75, 3.05) is 26.3 Å². The zero-order valence-corrected chi connectivity index (χ0v) is 17.2. The summed E-state index contributed by atoms with van der Waals surface area (Å²) >= 11 is 0. The van der Waals surface area contributed by atoms with Crippen LogP contribution in [-0.2, 0) is 19.0 Å². The number of ether oxygens (including phenoxy) is 3. The molecule has 0 saturated carbocycles. The minimum Gasteiger partial charge on any atom is -0.378 e. The Hall–Kier alpha value is -0.650. The molecule has 27 heavy (non-hydrogen) atoms. The molecule has 3 fully saturated rings. The van der Waals surface area contributed by atoms with Gasteiger partial charge >= 0.3 is 0 Å². The fraction of sp³-hybridized carbons (Fsp3) is 0.955. The lowest BCUT2D eigenvalue weighted by molar-refractivity contribution is -0.135. The van der Waals surface area contributed by atoms with Crippen LogP contribution in [0, 0.1) is 0 Å². The Morgan fingerprint density at radius 3 is 2.07 bits per heavy atom. The van der Waals surface area contributed by atoms with Gasteiger partial charge in [-0.05, 0) is 19.3 Å². The first-order valence-electron chi connectivity index (χ1n) is 11.4. The molecule has 3 aliphatic heterocycles. The van der Waals surface area contributed by atoms with Crippen molar-refractivity contribution >= 4 is 5.91 Å². The molecule has 5 nitrogen and oxygen atoms in total. The number of morpholine rings is 1. The fourth-order valence-corrected chi connectivity index (χ4v) is 4.23. The summed E-state index contributed by atoms with van der Waals surface area (Å²) in [6.07, 6.45) is 16.1. The maximum atomic E-state index is 12.1. The van der Waals surface area contributed by atoms with Gasteiger partial charge in [-0.3, -0.25) is 4.79 Å². The molecule has 0 N–H and O–H groups in total. The number of unbranched alkanes of at least 4 members (excludes halogenated alkanes) is 6. The lowest BCUT2D eigenvalue weighted by atomic mass is 10.0. The number of carbonyl (C=O) groups excluding carboxylic acids is 1. The number of hydrogen-bond acceptors (Lipinski definition) is 4. The van der Waals surface area contributed by atoms with Crippen molar-refractivity contribution < 1.29 is 19.0 Å². The zero-order valence-electron chi connectivity index (χ0n) is 17.2. The lowest BCUT2D eigenvalue weighted by Gasteiger charge is -2.26. The molecule has 0 bridgehead atoms. The van der Waals surface area contributed by atoms with Crippen molar-refractivity contribution in [2.24, 2.45) is 0 Å². The molecular weight excluding hydrogens is 342 g/mol. The highest BCUT2D eigenvalue weighted by Crippen LogP contribution is 2.39. The molecule has 3 aliphatic rings. The largest absolute Gasteiger partial charge is 0.378 e. The monoisotopic (exact) mass is 381 g/mol. The highest BCUT2D eigenvalue weighted by atomic mass is 16.6. The number of amides is 1. The number of epoxide rings is 2. The van der Waals surface area contributed by atoms with Gasteiger partial charge in [-0.2, -0.15) is 0 Å². The second-order valence-corrected chi connectivity index (χ2v) is 8.46. The Labute approximate surface area is 165 Å². The molecule has 5 heteroatoms. The third-order valence-electron chi connectivity index (χ3n) is 6.18. The third kappa shape index (κ3) is 7.71. The molecule has 0 aromatic rings. The molecule has 3 rings (SSSR count). The number of carbonyl (C=O) groups is 1. The van der Waals surface area contributed by atoms with Gasteiger partial charge in [0.05, 0.1) is 37.6 Å². The average molecular weight is 382 g/mol. The van der Waals surface area contributed by atoms with Crippen LogP contribution in [0.15, 0.2) is 0 Å². The minimum atomic E-state index is 0.308. The molecule has 1 amide bonds. The normalized spacial score (nSPS) is 29.7. The van der Waals surface area contributed by atoms with Crippen LogP contribution in [0.25, 0.3) is 0 Å². The first-order chi connectivity index (χ1) is 13.3. The Bertz CT molecular complexity index is 438. The highest BCUT2D eigenvalue weighted by molar-refractivity contribution is 5.76. The number of rotatable bonds is 14. The predicted octanol–water partition coefficient (Wildman–Crippen LogP) is 4.08. The van der Waals surface area contributed by atoms with Crippen LogP contribution in [0.3, 0.4) is 0 Å². The standard InChI is InChI=1S/C22H39NO4/c1-2-3-7-10-18-20(26-18)17-21-19(27-21)11-8-5-4-6-9-12-22(24)23-13-15-25-16-14-23/h18-21H,2-17H2,1H3. The number of hydrogen-bond donors (Lipinski definition) is 0. The van der Waals surface area contributed by atoms with Crippen LogP contribution in [0.1, 0.15) is 84.0 Å². The Kier molecular flexibility index (Phi) is 8.88. The molecule has 0 aliphatic carbocycles. The molecule has 0 aromatic heterocycles. The van der Waals surface area contributed by atoms with Gasteiger partial charge in [0.1, 0.15) is 0 Å². The second-order valence-electron chi connectivity index (χ2n) is 8.46. The predicted molar refractivity (Wildman–Crippen MR) is 106 cm³/mol. The molecule has 3 heterocycles. The quantitative estimate of drug-likeness (QED) is 0.336. The van der Waals surface area contributed by atoms with Crippen LogP contribution in [0.2, 0.25) is 0 Å². The van der Waals surface area contributed by atoms with Gasteiger partial charge in [-0.1, -0.05) is 51.9 Å². The van der Waals surface area contributed by atoms with Crippen molar-refractivity contribution in [3.05, 3.63) is 0 Å². The molecule has 156 valence electrons. The van der Waals surface area contributed by atoms with Gasteiger partial charge in [-0.15, -0.1) is 0 Å². The van der Waals surface area contributed by atoms with E-state index in [-0.39, 0.29) is 0 Å². The average Bonchev–Trinajstić information content (AvgIpc) is 3.61. The van der Waals surface area contributed by atoms with E-state index in [0.29, 0.717) is 50.0 Å². The SMILES string of the molecule is CCCCCC1OC1CC1OC1CCCCCCCC(=O)N1CCOCC1. The maximum absolute atomic E-state index is 12.1. The van der Waals surface area contributed by atoms with E-state index in [9.17, 15) is 4.79 Å². The van der Waals surface area contributed by atoms with Crippen molar-refractivity contribution in [2.45, 2.75) is 108 Å². The summed E-state index contributed by atoms with van der Waals surface area (Å²) in [5.74, 6) is 0.308. The van der Waals surface area contributed by atoms with E-state index >= 15 is 0 Å². The van der Waals surface area contributed by atoms with E-state index in [1.807, 2.05) is 4.90 Å². The maximum Gasteiger partial charge on any atom is 0.222 e. The summed E-state index contributed by atoms with van der Waals surface area (Å²) in [5, 5.41) is 0. The van der Waals surface area contributed by atoms with Gasteiger partial charge in [0.25, 0.3) is 0 Å². The Morgan fingerprint density at radius 1 is 0.815 bits per heavy atom. The Morgan fingerprint density at radius 2 is 1.41 bits per heavy atom. The van der Waals surface area contributed by atoms with Crippen molar-refractivity contribution in [1.29, 1.82) is 0 Å². The summed E-state index contributed by atoms with van der Waals surface area (Å²) in [4.78, 5) is 14.0. The van der Waals surface area contributed by atoms with E-state index in [0.717, 1.165) is 25.9 Å². The lowest BCUT2D eigenvalue weighted by Crippen LogP contribution is -2.40. The summed E-state index contributed by atoms with van der Waals surface area (Å²) in [7, 11) is 0. The van der Waals surface area contributed by atoms with E-state index in [4.69, 9.17) is 14.2 Å². The summed E-state index contributed by atoms with van der Waals surface area (Å²) in [6.45, 7) is 5.18. The van der Waals surface area contributed by atoms with Crippen molar-refractivity contribution in [3.63, 3.8) is 0 Å². The molecular formula is C22H39NO4. The van der Waals surface area contributed by atoms with E-state index in [1.54, 1.807) is 0 Å². The minimum absolute atomic E-state index is 0.308. The third-order valence-corrected chi connectivity index (χ3v) is 6.18. The van der Waals surface area contributed by atoms with Gasteiger partial charge < -0.3 is 19.1 Å². The zero-order chi connectivity index (χ0) is 18.9. The molecule has 0 radical (unpaired) electrons. The number of nitrogens with zero attached hydrogens (tertiary/aromatic N) is 1. The van der Waals surface area contributed by atoms with Crippen LogP contribution < -0.4 is 0 Å². The molecule has 4 unspecified atom stereocenters. The summed E-state index contributed by atoms with van der Waals surface area (Å²) in [6, 6.07) is 0. The van der Waals surface area contributed by atoms with Crippen LogP contribution >= 0.6 is 0 Å². The Balaban J connectivity index is 1.09. The van der Waals surface area contributed by atoms with Gasteiger partial charge in [-0.25, -0.2) is 0 Å². The molecule has 3 saturated heterocycles. The summed E-state index contributed by atoms with van der Waals surface area (Å²) in [5.41, 5.74) is 0. The van der Waals surface area contributed by atoms with E-state index < -0.39 is 0 Å². The van der Waals surface area contributed by atoms with Crippen molar-refractivity contribution in [3.8, 4) is 0 Å². The topological polar surface area (TPSA) is 54.6 Å². The van der Waals surface area contributed by atoms with Gasteiger partial charge in [0.15, 0.2) is 0 Å².